The van der Waals surface area contributed by atoms with Crippen molar-refractivity contribution in [2.45, 2.75) is 31.2 Å². The van der Waals surface area contributed by atoms with Crippen LogP contribution in [0, 0.1) is 0 Å². The molecular weight excluding hydrogens is 428 g/mol. The number of carbonyl (C=O) groups is 3. The van der Waals surface area contributed by atoms with E-state index in [1.54, 1.807) is 24.3 Å². The van der Waals surface area contributed by atoms with Crippen LogP contribution in [0.3, 0.4) is 0 Å². The minimum atomic E-state index is -0.213. The Morgan fingerprint density at radius 1 is 0.912 bits per heavy atom. The van der Waals surface area contributed by atoms with Crippen molar-refractivity contribution in [3.05, 3.63) is 95.2 Å². The van der Waals surface area contributed by atoms with Crippen LogP contribution in [0.25, 0.3) is 10.8 Å². The maximum absolute atomic E-state index is 12.7. The van der Waals surface area contributed by atoms with Gasteiger partial charge in [0.2, 0.25) is 5.91 Å². The topological polar surface area (TPSA) is 95.2 Å². The van der Waals surface area contributed by atoms with Crippen molar-refractivity contribution < 1.29 is 14.4 Å². The number of nitrogens with one attached hydrogen (secondary N) is 2. The van der Waals surface area contributed by atoms with Crippen LogP contribution in [0.2, 0.25) is 0 Å². The fourth-order valence-electron chi connectivity index (χ4n) is 4.92. The third-order valence-electron chi connectivity index (χ3n) is 6.79. The van der Waals surface area contributed by atoms with Gasteiger partial charge in [-0.2, -0.15) is 5.10 Å². The van der Waals surface area contributed by atoms with Crippen molar-refractivity contribution in [3.8, 4) is 0 Å². The van der Waals surface area contributed by atoms with Gasteiger partial charge in [-0.15, -0.1) is 0 Å². The zero-order chi connectivity index (χ0) is 23.2. The molecule has 7 heteroatoms. The second-order valence-corrected chi connectivity index (χ2v) is 8.96. The summed E-state index contributed by atoms with van der Waals surface area (Å²) in [6.07, 6.45) is 1.62. The summed E-state index contributed by atoms with van der Waals surface area (Å²) in [6, 6.07) is 22.7. The molecule has 168 valence electrons. The van der Waals surface area contributed by atoms with Gasteiger partial charge in [0.05, 0.1) is 17.5 Å². The van der Waals surface area contributed by atoms with Gasteiger partial charge in [-0.1, -0.05) is 54.6 Å². The first-order chi connectivity index (χ1) is 16.6. The first-order valence-electron chi connectivity index (χ1n) is 11.4. The molecule has 0 bridgehead atoms. The van der Waals surface area contributed by atoms with Gasteiger partial charge in [-0.25, -0.2) is 0 Å². The van der Waals surface area contributed by atoms with E-state index < -0.39 is 0 Å². The molecule has 1 fully saturated rings. The number of fused-ring (bicyclic) bond motifs is 2. The lowest BCUT2D eigenvalue weighted by atomic mass is 9.77. The fraction of sp³-hybridized carbons (Fsp3) is 0.185. The number of amides is 3. The second-order valence-electron chi connectivity index (χ2n) is 8.96. The zero-order valence-corrected chi connectivity index (χ0v) is 18.3. The highest BCUT2D eigenvalue weighted by atomic mass is 16.2. The standard InChI is InChI=1S/C27H22N4O3/c32-25(12-16-9-10-17-5-1-2-6-18(17)11-16)28-24-15-23(29-30-24)19-13-20(14-19)31-26(33)21-7-3-4-8-22(21)27(31)34/h1-11,15,19-20H,12-14H2,(H2,28,29,30,32). The van der Waals surface area contributed by atoms with Gasteiger partial charge in [-0.05, 0) is 41.3 Å². The molecule has 2 aliphatic rings. The summed E-state index contributed by atoms with van der Waals surface area (Å²) < 4.78 is 0. The summed E-state index contributed by atoms with van der Waals surface area (Å²) in [6.45, 7) is 0. The molecule has 4 aromatic rings. The summed E-state index contributed by atoms with van der Waals surface area (Å²) in [5.41, 5.74) is 2.80. The lowest BCUT2D eigenvalue weighted by Gasteiger charge is -2.39. The molecule has 3 aromatic carbocycles. The van der Waals surface area contributed by atoms with E-state index in [2.05, 4.69) is 15.5 Å². The van der Waals surface area contributed by atoms with Crippen molar-refractivity contribution in [3.63, 3.8) is 0 Å². The van der Waals surface area contributed by atoms with E-state index in [0.717, 1.165) is 22.0 Å². The monoisotopic (exact) mass is 450 g/mol. The van der Waals surface area contributed by atoms with Crippen molar-refractivity contribution in [1.82, 2.24) is 15.1 Å². The van der Waals surface area contributed by atoms with Crippen molar-refractivity contribution >= 4 is 34.3 Å². The molecule has 1 saturated carbocycles. The van der Waals surface area contributed by atoms with Crippen LogP contribution >= 0.6 is 0 Å². The quantitative estimate of drug-likeness (QED) is 0.444. The number of anilines is 1. The Labute approximate surface area is 195 Å². The second kappa shape index (κ2) is 7.95. The Bertz CT molecular complexity index is 1420. The van der Waals surface area contributed by atoms with Gasteiger partial charge in [0, 0.05) is 23.7 Å². The average Bonchev–Trinajstić information content (AvgIpc) is 3.36. The average molecular weight is 450 g/mol. The van der Waals surface area contributed by atoms with Crippen molar-refractivity contribution in [2.24, 2.45) is 0 Å². The summed E-state index contributed by atoms with van der Waals surface area (Å²) in [5.74, 6) is 0.0781. The summed E-state index contributed by atoms with van der Waals surface area (Å²) in [7, 11) is 0. The minimum absolute atomic E-state index is 0.119. The van der Waals surface area contributed by atoms with E-state index in [9.17, 15) is 14.4 Å². The molecule has 0 spiro atoms. The normalized spacial score (nSPS) is 19.2. The van der Waals surface area contributed by atoms with Crippen LogP contribution < -0.4 is 5.32 Å². The van der Waals surface area contributed by atoms with E-state index in [0.29, 0.717) is 29.8 Å². The molecular formula is C27H22N4O3. The number of hydrogen-bond acceptors (Lipinski definition) is 4. The molecule has 0 radical (unpaired) electrons. The molecule has 2 N–H and O–H groups in total. The maximum atomic E-state index is 12.7. The number of rotatable bonds is 5. The van der Waals surface area contributed by atoms with Crippen LogP contribution in [-0.2, 0) is 11.2 Å². The Balaban J connectivity index is 1.06. The number of benzene rings is 3. The molecule has 0 unspecified atom stereocenters. The smallest absolute Gasteiger partial charge is 0.261 e. The van der Waals surface area contributed by atoms with Crippen LogP contribution in [0.15, 0.2) is 72.8 Å². The highest BCUT2D eigenvalue weighted by molar-refractivity contribution is 6.21. The highest BCUT2D eigenvalue weighted by Gasteiger charge is 2.45. The molecule has 7 nitrogen and oxygen atoms in total. The minimum Gasteiger partial charge on any atom is -0.309 e. The molecule has 34 heavy (non-hydrogen) atoms. The van der Waals surface area contributed by atoms with Gasteiger partial charge >= 0.3 is 0 Å². The number of hydrogen-bond donors (Lipinski definition) is 2. The van der Waals surface area contributed by atoms with Crippen LogP contribution in [0.1, 0.15) is 50.7 Å². The molecule has 0 saturated heterocycles. The third kappa shape index (κ3) is 3.46. The maximum Gasteiger partial charge on any atom is 0.261 e. The van der Waals surface area contributed by atoms with E-state index in [4.69, 9.17) is 0 Å². The Hall–Kier alpha value is -4.26. The van der Waals surface area contributed by atoms with Gasteiger partial charge < -0.3 is 5.32 Å². The van der Waals surface area contributed by atoms with Crippen LogP contribution in [-0.4, -0.2) is 38.9 Å². The lowest BCUT2D eigenvalue weighted by Crippen LogP contribution is -2.46. The number of aromatic amines is 1. The first kappa shape index (κ1) is 20.4. The van der Waals surface area contributed by atoms with Gasteiger partial charge in [0.15, 0.2) is 5.82 Å². The molecule has 6 rings (SSSR count). The fourth-order valence-corrected chi connectivity index (χ4v) is 4.92. The van der Waals surface area contributed by atoms with E-state index >= 15 is 0 Å². The first-order valence-corrected chi connectivity index (χ1v) is 11.4. The lowest BCUT2D eigenvalue weighted by molar-refractivity contribution is -0.115. The molecule has 2 heterocycles. The van der Waals surface area contributed by atoms with E-state index in [-0.39, 0.29) is 36.1 Å². The number of aromatic nitrogens is 2. The predicted octanol–water partition coefficient (Wildman–Crippen LogP) is 4.29. The Morgan fingerprint density at radius 3 is 2.32 bits per heavy atom. The molecule has 0 atom stereocenters. The van der Waals surface area contributed by atoms with Crippen LogP contribution in [0.4, 0.5) is 5.82 Å². The van der Waals surface area contributed by atoms with E-state index in [1.165, 1.54) is 4.90 Å². The SMILES string of the molecule is O=C(Cc1ccc2ccccc2c1)Nc1cc(C2CC(N3C(=O)c4ccccc4C3=O)C2)[nH]n1. The molecule has 1 aliphatic heterocycles. The molecule has 3 amide bonds. The van der Waals surface area contributed by atoms with Crippen molar-refractivity contribution in [2.75, 3.05) is 5.32 Å². The summed E-state index contributed by atoms with van der Waals surface area (Å²) in [4.78, 5) is 39.3. The Morgan fingerprint density at radius 2 is 1.59 bits per heavy atom. The summed E-state index contributed by atoms with van der Waals surface area (Å²) in [5, 5.41) is 12.3. The van der Waals surface area contributed by atoms with Gasteiger partial charge in [0.25, 0.3) is 11.8 Å². The van der Waals surface area contributed by atoms with Crippen molar-refractivity contribution in [1.29, 1.82) is 0 Å². The number of nitrogens with zero attached hydrogens (tertiary/aromatic N) is 2. The van der Waals surface area contributed by atoms with E-state index in [1.807, 2.05) is 48.5 Å². The molecule has 1 aliphatic carbocycles. The number of H-pyrrole nitrogens is 1. The number of imide groups is 1. The highest BCUT2D eigenvalue weighted by Crippen LogP contribution is 2.42. The molecule has 1 aromatic heterocycles. The van der Waals surface area contributed by atoms with Gasteiger partial charge in [0.1, 0.15) is 0 Å². The largest absolute Gasteiger partial charge is 0.309 e. The zero-order valence-electron chi connectivity index (χ0n) is 18.3. The third-order valence-corrected chi connectivity index (χ3v) is 6.79. The Kier molecular flexibility index (Phi) is 4.76. The number of carbonyl (C=O) groups excluding carboxylic acids is 3. The summed E-state index contributed by atoms with van der Waals surface area (Å²) >= 11 is 0. The predicted molar refractivity (Wildman–Crippen MR) is 128 cm³/mol. The van der Waals surface area contributed by atoms with Crippen LogP contribution in [0.5, 0.6) is 0 Å². The van der Waals surface area contributed by atoms with Gasteiger partial charge in [-0.3, -0.25) is 24.4 Å².